The van der Waals surface area contributed by atoms with Crippen molar-refractivity contribution in [3.63, 3.8) is 0 Å². The average molecular weight is 154 g/mol. The minimum absolute atomic E-state index is 0.162. The van der Waals surface area contributed by atoms with Crippen molar-refractivity contribution < 1.29 is 9.59 Å². The second-order valence-electron chi connectivity index (χ2n) is 3.10. The first-order chi connectivity index (χ1) is 5.25. The van der Waals surface area contributed by atoms with Crippen molar-refractivity contribution in [2.45, 2.75) is 39.0 Å². The lowest BCUT2D eigenvalue weighted by Crippen LogP contribution is -2.20. The Bertz CT molecular complexity index is 154. The SMILES string of the molecule is CCC1C(=O)CCCCC1=O. The Morgan fingerprint density at radius 3 is 2.00 bits per heavy atom. The Morgan fingerprint density at radius 1 is 1.18 bits per heavy atom. The number of hydrogen-bond donors (Lipinski definition) is 0. The van der Waals surface area contributed by atoms with Crippen LogP contribution in [0.5, 0.6) is 0 Å². The third-order valence-electron chi connectivity index (χ3n) is 2.28. The molecule has 1 saturated carbocycles. The summed E-state index contributed by atoms with van der Waals surface area (Å²) in [5.41, 5.74) is 0. The maximum atomic E-state index is 11.2. The Balaban J connectivity index is 2.66. The summed E-state index contributed by atoms with van der Waals surface area (Å²) in [6.45, 7) is 1.91. The molecule has 0 unspecified atom stereocenters. The van der Waals surface area contributed by atoms with E-state index in [4.69, 9.17) is 0 Å². The highest BCUT2D eigenvalue weighted by Gasteiger charge is 2.25. The van der Waals surface area contributed by atoms with E-state index in [9.17, 15) is 9.59 Å². The molecule has 1 fully saturated rings. The van der Waals surface area contributed by atoms with E-state index < -0.39 is 0 Å². The minimum atomic E-state index is -0.266. The zero-order chi connectivity index (χ0) is 8.27. The van der Waals surface area contributed by atoms with E-state index in [-0.39, 0.29) is 17.5 Å². The number of hydrogen-bond acceptors (Lipinski definition) is 2. The van der Waals surface area contributed by atoms with Crippen LogP contribution in [0.2, 0.25) is 0 Å². The molecule has 0 aromatic carbocycles. The quantitative estimate of drug-likeness (QED) is 0.425. The molecule has 1 aliphatic carbocycles. The summed E-state index contributed by atoms with van der Waals surface area (Å²) in [7, 11) is 0. The molecular formula is C9H14O2. The second kappa shape index (κ2) is 3.65. The van der Waals surface area contributed by atoms with Crippen molar-refractivity contribution in [1.82, 2.24) is 0 Å². The van der Waals surface area contributed by atoms with E-state index in [0.29, 0.717) is 19.3 Å². The molecule has 0 radical (unpaired) electrons. The van der Waals surface area contributed by atoms with Crippen molar-refractivity contribution >= 4 is 11.6 Å². The van der Waals surface area contributed by atoms with Gasteiger partial charge in [0.15, 0.2) is 0 Å². The molecule has 1 rings (SSSR count). The van der Waals surface area contributed by atoms with E-state index in [1.807, 2.05) is 6.92 Å². The molecule has 0 bridgehead atoms. The molecule has 0 N–H and O–H groups in total. The highest BCUT2D eigenvalue weighted by Crippen LogP contribution is 2.19. The normalized spacial score (nSPS) is 21.9. The van der Waals surface area contributed by atoms with Gasteiger partial charge in [-0.2, -0.15) is 0 Å². The third kappa shape index (κ3) is 1.88. The fourth-order valence-electron chi connectivity index (χ4n) is 1.58. The number of ketones is 2. The molecule has 2 heteroatoms. The Hall–Kier alpha value is -0.660. The summed E-state index contributed by atoms with van der Waals surface area (Å²) in [5, 5.41) is 0. The van der Waals surface area contributed by atoms with Gasteiger partial charge in [0.05, 0.1) is 5.92 Å². The van der Waals surface area contributed by atoms with Crippen LogP contribution >= 0.6 is 0 Å². The summed E-state index contributed by atoms with van der Waals surface area (Å²) in [6, 6.07) is 0. The van der Waals surface area contributed by atoms with Crippen molar-refractivity contribution in [3.8, 4) is 0 Å². The number of rotatable bonds is 1. The molecule has 0 atom stereocenters. The van der Waals surface area contributed by atoms with Gasteiger partial charge in [-0.15, -0.1) is 0 Å². The molecule has 1 aliphatic rings. The highest BCUT2D eigenvalue weighted by molar-refractivity contribution is 6.02. The predicted octanol–water partition coefficient (Wildman–Crippen LogP) is 1.72. The van der Waals surface area contributed by atoms with Gasteiger partial charge in [0.25, 0.3) is 0 Å². The van der Waals surface area contributed by atoms with Crippen LogP contribution in [0, 0.1) is 5.92 Å². The van der Waals surface area contributed by atoms with E-state index in [1.54, 1.807) is 0 Å². The lowest BCUT2D eigenvalue weighted by molar-refractivity contribution is -0.131. The minimum Gasteiger partial charge on any atom is -0.299 e. The molecule has 0 aromatic heterocycles. The van der Waals surface area contributed by atoms with Crippen molar-refractivity contribution in [3.05, 3.63) is 0 Å². The molecule has 0 heterocycles. The first-order valence-corrected chi connectivity index (χ1v) is 4.31. The van der Waals surface area contributed by atoms with Crippen LogP contribution in [-0.2, 0) is 9.59 Å². The van der Waals surface area contributed by atoms with Gasteiger partial charge in [0.1, 0.15) is 11.6 Å². The van der Waals surface area contributed by atoms with Gasteiger partial charge < -0.3 is 0 Å². The second-order valence-corrected chi connectivity index (χ2v) is 3.10. The molecular weight excluding hydrogens is 140 g/mol. The smallest absolute Gasteiger partial charge is 0.143 e. The fourth-order valence-corrected chi connectivity index (χ4v) is 1.58. The summed E-state index contributed by atoms with van der Waals surface area (Å²) < 4.78 is 0. The van der Waals surface area contributed by atoms with E-state index >= 15 is 0 Å². The third-order valence-corrected chi connectivity index (χ3v) is 2.28. The molecule has 0 aromatic rings. The van der Waals surface area contributed by atoms with Gasteiger partial charge >= 0.3 is 0 Å². The van der Waals surface area contributed by atoms with Crippen molar-refractivity contribution in [2.75, 3.05) is 0 Å². The first kappa shape index (κ1) is 8.44. The van der Waals surface area contributed by atoms with Gasteiger partial charge in [0, 0.05) is 12.8 Å². The zero-order valence-electron chi connectivity index (χ0n) is 6.93. The Kier molecular flexibility index (Phi) is 2.80. The molecule has 0 saturated heterocycles. The Morgan fingerprint density at radius 2 is 1.64 bits per heavy atom. The number of carbonyl (C=O) groups is 2. The molecule has 0 spiro atoms. The lowest BCUT2D eigenvalue weighted by Gasteiger charge is -2.06. The van der Waals surface area contributed by atoms with E-state index in [1.165, 1.54) is 0 Å². The summed E-state index contributed by atoms with van der Waals surface area (Å²) in [4.78, 5) is 22.5. The standard InChI is InChI=1S/C9H14O2/c1-2-7-8(10)5-3-4-6-9(7)11/h7H,2-6H2,1H3. The van der Waals surface area contributed by atoms with Crippen LogP contribution in [-0.4, -0.2) is 11.6 Å². The van der Waals surface area contributed by atoms with Gasteiger partial charge in [0.2, 0.25) is 0 Å². The average Bonchev–Trinajstić information content (AvgIpc) is 2.12. The van der Waals surface area contributed by atoms with Crippen LogP contribution < -0.4 is 0 Å². The maximum absolute atomic E-state index is 11.2. The largest absolute Gasteiger partial charge is 0.299 e. The lowest BCUT2D eigenvalue weighted by atomic mass is 9.95. The molecule has 0 aliphatic heterocycles. The van der Waals surface area contributed by atoms with Gasteiger partial charge in [-0.1, -0.05) is 6.92 Å². The topological polar surface area (TPSA) is 34.1 Å². The Labute approximate surface area is 67.0 Å². The van der Waals surface area contributed by atoms with Crippen LogP contribution in [0.3, 0.4) is 0 Å². The molecule has 2 nitrogen and oxygen atoms in total. The van der Waals surface area contributed by atoms with Crippen LogP contribution in [0.4, 0.5) is 0 Å². The van der Waals surface area contributed by atoms with Crippen LogP contribution in [0.25, 0.3) is 0 Å². The summed E-state index contributed by atoms with van der Waals surface area (Å²) >= 11 is 0. The fraction of sp³-hybridized carbons (Fsp3) is 0.778. The summed E-state index contributed by atoms with van der Waals surface area (Å²) in [5.74, 6) is 0.0579. The zero-order valence-corrected chi connectivity index (χ0v) is 6.93. The maximum Gasteiger partial charge on any atom is 0.143 e. The van der Waals surface area contributed by atoms with E-state index in [0.717, 1.165) is 12.8 Å². The highest BCUT2D eigenvalue weighted by atomic mass is 16.1. The van der Waals surface area contributed by atoms with Crippen LogP contribution in [0.15, 0.2) is 0 Å². The monoisotopic (exact) mass is 154 g/mol. The van der Waals surface area contributed by atoms with Gasteiger partial charge in [-0.3, -0.25) is 9.59 Å². The van der Waals surface area contributed by atoms with Gasteiger partial charge in [-0.25, -0.2) is 0 Å². The molecule has 0 amide bonds. The van der Waals surface area contributed by atoms with Gasteiger partial charge in [-0.05, 0) is 19.3 Å². The number of Topliss-reactive ketones (excluding diaryl/α,β-unsaturated/α-hetero) is 2. The van der Waals surface area contributed by atoms with Crippen LogP contribution in [0.1, 0.15) is 39.0 Å². The number of carbonyl (C=O) groups excluding carboxylic acids is 2. The molecule has 62 valence electrons. The van der Waals surface area contributed by atoms with E-state index in [2.05, 4.69) is 0 Å². The van der Waals surface area contributed by atoms with Crippen molar-refractivity contribution in [2.24, 2.45) is 5.92 Å². The summed E-state index contributed by atoms with van der Waals surface area (Å²) in [6.07, 6.45) is 3.73. The predicted molar refractivity (Wildman–Crippen MR) is 42.3 cm³/mol. The first-order valence-electron chi connectivity index (χ1n) is 4.31. The molecule has 11 heavy (non-hydrogen) atoms. The van der Waals surface area contributed by atoms with Crippen molar-refractivity contribution in [1.29, 1.82) is 0 Å².